The summed E-state index contributed by atoms with van der Waals surface area (Å²) in [6.07, 6.45) is 1.21. The summed E-state index contributed by atoms with van der Waals surface area (Å²) in [6, 6.07) is 8.17. The molecule has 0 heterocycles. The number of guanidine groups is 1. The molecule has 1 aliphatic rings. The molecular formula is C17H26N4O. The van der Waals surface area contributed by atoms with Gasteiger partial charge in [0.15, 0.2) is 5.96 Å². The Kier molecular flexibility index (Phi) is 5.81. The van der Waals surface area contributed by atoms with Crippen molar-refractivity contribution in [1.82, 2.24) is 16.0 Å². The maximum atomic E-state index is 11.9. The molecule has 1 aromatic rings. The molecule has 0 spiro atoms. The number of rotatable bonds is 6. The van der Waals surface area contributed by atoms with Crippen molar-refractivity contribution < 1.29 is 4.79 Å². The molecule has 22 heavy (non-hydrogen) atoms. The molecule has 1 saturated carbocycles. The standard InChI is InChI=1S/C17H26N4O/c1-4-18-16(22)14-8-6-7-13(10-14)11-20-17(19-5-2)21-15-9-12(15)3/h6-8,10,12,15H,4-5,9,11H2,1-3H3,(H,18,22)(H2,19,20,21). The van der Waals surface area contributed by atoms with Crippen LogP contribution in [0.1, 0.15) is 43.1 Å². The zero-order valence-electron chi connectivity index (χ0n) is 13.6. The van der Waals surface area contributed by atoms with Crippen molar-refractivity contribution in [3.05, 3.63) is 35.4 Å². The van der Waals surface area contributed by atoms with Crippen LogP contribution in [0.4, 0.5) is 0 Å². The Labute approximate surface area is 132 Å². The third-order valence-electron chi connectivity index (χ3n) is 3.72. The number of hydrogen-bond acceptors (Lipinski definition) is 2. The van der Waals surface area contributed by atoms with E-state index in [0.29, 0.717) is 24.7 Å². The average molecular weight is 302 g/mol. The molecule has 0 radical (unpaired) electrons. The van der Waals surface area contributed by atoms with Crippen LogP contribution in [0.2, 0.25) is 0 Å². The van der Waals surface area contributed by atoms with E-state index in [4.69, 9.17) is 0 Å². The summed E-state index contributed by atoms with van der Waals surface area (Å²) in [7, 11) is 0. The van der Waals surface area contributed by atoms with Crippen LogP contribution in [0.15, 0.2) is 29.3 Å². The van der Waals surface area contributed by atoms with E-state index in [0.717, 1.165) is 24.0 Å². The SMILES string of the molecule is CCNC(=O)c1cccc(CN=C(NCC)NC2CC2C)c1. The molecule has 2 atom stereocenters. The number of hydrogen-bond donors (Lipinski definition) is 3. The van der Waals surface area contributed by atoms with Crippen molar-refractivity contribution in [2.24, 2.45) is 10.9 Å². The second-order valence-electron chi connectivity index (χ2n) is 5.72. The predicted octanol–water partition coefficient (Wildman–Crippen LogP) is 1.90. The van der Waals surface area contributed by atoms with Gasteiger partial charge in [0.1, 0.15) is 0 Å². The molecule has 1 fully saturated rings. The molecule has 3 N–H and O–H groups in total. The summed E-state index contributed by atoms with van der Waals surface area (Å²) < 4.78 is 0. The van der Waals surface area contributed by atoms with Gasteiger partial charge in [-0.2, -0.15) is 0 Å². The van der Waals surface area contributed by atoms with E-state index >= 15 is 0 Å². The smallest absolute Gasteiger partial charge is 0.251 e. The Morgan fingerprint density at radius 1 is 1.27 bits per heavy atom. The van der Waals surface area contributed by atoms with Gasteiger partial charge in [-0.3, -0.25) is 4.79 Å². The molecule has 1 amide bonds. The van der Waals surface area contributed by atoms with Crippen molar-refractivity contribution in [3.8, 4) is 0 Å². The first kappa shape index (κ1) is 16.3. The minimum Gasteiger partial charge on any atom is -0.357 e. The van der Waals surface area contributed by atoms with Crippen LogP contribution in [0, 0.1) is 5.92 Å². The second kappa shape index (κ2) is 7.82. The van der Waals surface area contributed by atoms with Gasteiger partial charge in [-0.15, -0.1) is 0 Å². The lowest BCUT2D eigenvalue weighted by Crippen LogP contribution is -2.39. The Hall–Kier alpha value is -2.04. The van der Waals surface area contributed by atoms with Crippen molar-refractivity contribution in [2.75, 3.05) is 13.1 Å². The van der Waals surface area contributed by atoms with Gasteiger partial charge in [-0.1, -0.05) is 19.1 Å². The molecule has 1 aromatic carbocycles. The molecular weight excluding hydrogens is 276 g/mol. The van der Waals surface area contributed by atoms with E-state index in [1.54, 1.807) is 0 Å². The molecule has 2 rings (SSSR count). The normalized spacial score (nSPS) is 20.4. The van der Waals surface area contributed by atoms with Crippen LogP contribution in [-0.2, 0) is 6.54 Å². The topological polar surface area (TPSA) is 65.5 Å². The third-order valence-corrected chi connectivity index (χ3v) is 3.72. The fraction of sp³-hybridized carbons (Fsp3) is 0.529. The number of nitrogens with one attached hydrogen (secondary N) is 3. The van der Waals surface area contributed by atoms with Crippen LogP contribution in [0.25, 0.3) is 0 Å². The fourth-order valence-electron chi connectivity index (χ4n) is 2.26. The molecule has 0 bridgehead atoms. The monoisotopic (exact) mass is 302 g/mol. The van der Waals surface area contributed by atoms with Crippen LogP contribution >= 0.6 is 0 Å². The van der Waals surface area contributed by atoms with Gasteiger partial charge in [0.25, 0.3) is 5.91 Å². The highest BCUT2D eigenvalue weighted by Gasteiger charge is 2.33. The Morgan fingerprint density at radius 2 is 2.00 bits per heavy atom. The minimum absolute atomic E-state index is 0.0369. The summed E-state index contributed by atoms with van der Waals surface area (Å²) in [4.78, 5) is 16.5. The Morgan fingerprint density at radius 3 is 2.64 bits per heavy atom. The number of aliphatic imine (C=N–C) groups is 1. The van der Waals surface area contributed by atoms with Crippen LogP contribution < -0.4 is 16.0 Å². The molecule has 120 valence electrons. The van der Waals surface area contributed by atoms with Crippen LogP contribution in [-0.4, -0.2) is 31.0 Å². The number of carbonyl (C=O) groups excluding carboxylic acids is 1. The molecule has 1 aliphatic carbocycles. The zero-order valence-corrected chi connectivity index (χ0v) is 13.6. The highest BCUT2D eigenvalue weighted by Crippen LogP contribution is 2.28. The van der Waals surface area contributed by atoms with Crippen molar-refractivity contribution in [2.45, 2.75) is 39.8 Å². The lowest BCUT2D eigenvalue weighted by atomic mass is 10.1. The van der Waals surface area contributed by atoms with E-state index in [1.807, 2.05) is 31.2 Å². The molecule has 0 aromatic heterocycles. The van der Waals surface area contributed by atoms with Crippen molar-refractivity contribution >= 4 is 11.9 Å². The highest BCUT2D eigenvalue weighted by molar-refractivity contribution is 5.94. The van der Waals surface area contributed by atoms with E-state index in [-0.39, 0.29) is 5.91 Å². The first-order valence-corrected chi connectivity index (χ1v) is 8.06. The average Bonchev–Trinajstić information content (AvgIpc) is 3.21. The summed E-state index contributed by atoms with van der Waals surface area (Å²) in [5.74, 6) is 1.54. The maximum Gasteiger partial charge on any atom is 0.251 e. The van der Waals surface area contributed by atoms with Gasteiger partial charge >= 0.3 is 0 Å². The molecule has 0 saturated heterocycles. The second-order valence-corrected chi connectivity index (χ2v) is 5.72. The maximum absolute atomic E-state index is 11.9. The molecule has 5 heteroatoms. The predicted molar refractivity (Wildman–Crippen MR) is 90.0 cm³/mol. The Balaban J connectivity index is 1.99. The van der Waals surface area contributed by atoms with Gasteiger partial charge in [-0.25, -0.2) is 4.99 Å². The number of carbonyl (C=O) groups is 1. The summed E-state index contributed by atoms with van der Waals surface area (Å²) in [6.45, 7) is 8.24. The fourth-order valence-corrected chi connectivity index (χ4v) is 2.26. The molecule has 0 aliphatic heterocycles. The minimum atomic E-state index is -0.0369. The van der Waals surface area contributed by atoms with Gasteiger partial charge in [0, 0.05) is 24.7 Å². The molecule has 2 unspecified atom stereocenters. The third kappa shape index (κ3) is 4.76. The summed E-state index contributed by atoms with van der Waals surface area (Å²) >= 11 is 0. The largest absolute Gasteiger partial charge is 0.357 e. The van der Waals surface area contributed by atoms with Crippen LogP contribution in [0.5, 0.6) is 0 Å². The van der Waals surface area contributed by atoms with E-state index in [9.17, 15) is 4.79 Å². The van der Waals surface area contributed by atoms with Crippen molar-refractivity contribution in [1.29, 1.82) is 0 Å². The van der Waals surface area contributed by atoms with Crippen LogP contribution in [0.3, 0.4) is 0 Å². The Bertz CT molecular complexity index is 541. The van der Waals surface area contributed by atoms with Crippen molar-refractivity contribution in [3.63, 3.8) is 0 Å². The van der Waals surface area contributed by atoms with Gasteiger partial charge in [-0.05, 0) is 43.9 Å². The quantitative estimate of drug-likeness (QED) is 0.555. The number of nitrogens with zero attached hydrogens (tertiary/aromatic N) is 1. The summed E-state index contributed by atoms with van der Waals surface area (Å²) in [5, 5.41) is 9.51. The molecule has 5 nitrogen and oxygen atoms in total. The first-order chi connectivity index (χ1) is 10.6. The number of amides is 1. The number of benzene rings is 1. The zero-order chi connectivity index (χ0) is 15.9. The summed E-state index contributed by atoms with van der Waals surface area (Å²) in [5.41, 5.74) is 1.72. The van der Waals surface area contributed by atoms with E-state index in [2.05, 4.69) is 34.8 Å². The lowest BCUT2D eigenvalue weighted by molar-refractivity contribution is 0.0955. The van der Waals surface area contributed by atoms with E-state index in [1.165, 1.54) is 6.42 Å². The van der Waals surface area contributed by atoms with E-state index < -0.39 is 0 Å². The van der Waals surface area contributed by atoms with Gasteiger partial charge < -0.3 is 16.0 Å². The van der Waals surface area contributed by atoms with Gasteiger partial charge in [0.05, 0.1) is 6.54 Å². The highest BCUT2D eigenvalue weighted by atomic mass is 16.1. The lowest BCUT2D eigenvalue weighted by Gasteiger charge is -2.11. The van der Waals surface area contributed by atoms with Gasteiger partial charge in [0.2, 0.25) is 0 Å². The first-order valence-electron chi connectivity index (χ1n) is 8.06.